The van der Waals surface area contributed by atoms with Crippen LogP contribution in [0.5, 0.6) is 0 Å². The molecule has 98 valence electrons. The number of piperidine rings is 1. The molecular weight excluding hydrogens is 258 g/mol. The molecule has 0 radical (unpaired) electrons. The van der Waals surface area contributed by atoms with E-state index in [9.17, 15) is 4.79 Å². The molecule has 4 heterocycles. The van der Waals surface area contributed by atoms with Gasteiger partial charge in [-0.25, -0.2) is 4.98 Å². The van der Waals surface area contributed by atoms with Gasteiger partial charge in [-0.3, -0.25) is 9.69 Å². The zero-order valence-electron chi connectivity index (χ0n) is 10.5. The summed E-state index contributed by atoms with van der Waals surface area (Å²) in [6.07, 6.45) is 4.37. The Bertz CT molecular complexity index is 638. The van der Waals surface area contributed by atoms with E-state index in [0.29, 0.717) is 5.69 Å². The number of carbonyl (C=O) groups excluding carboxylic acids is 1. The van der Waals surface area contributed by atoms with Crippen LogP contribution in [0.1, 0.15) is 23.3 Å². The predicted molar refractivity (Wildman–Crippen MR) is 75.2 cm³/mol. The number of amides is 1. The molecule has 0 aliphatic carbocycles. The smallest absolute Gasteiger partial charge is 0.271 e. The molecule has 2 bridgehead atoms. The number of hydrogen-bond donors (Lipinski definition) is 1. The van der Waals surface area contributed by atoms with Gasteiger partial charge in [0.25, 0.3) is 5.91 Å². The summed E-state index contributed by atoms with van der Waals surface area (Å²) >= 11 is 1.65. The second kappa shape index (κ2) is 4.28. The Labute approximate surface area is 115 Å². The number of thiophene rings is 1. The lowest BCUT2D eigenvalue weighted by atomic mass is 10.0. The normalized spacial score (nSPS) is 28.9. The highest BCUT2D eigenvalue weighted by atomic mass is 32.1. The molecule has 3 unspecified atom stereocenters. The van der Waals surface area contributed by atoms with Crippen LogP contribution in [-0.2, 0) is 0 Å². The van der Waals surface area contributed by atoms with E-state index in [4.69, 9.17) is 0 Å². The summed E-state index contributed by atoms with van der Waals surface area (Å²) in [5.74, 6) is 0.725. The Balaban J connectivity index is 1.53. The van der Waals surface area contributed by atoms with E-state index in [-0.39, 0.29) is 12.1 Å². The van der Waals surface area contributed by atoms with Gasteiger partial charge >= 0.3 is 0 Å². The summed E-state index contributed by atoms with van der Waals surface area (Å²) < 4.78 is 1.13. The molecule has 0 spiro atoms. The largest absolute Gasteiger partial charge is 0.335 e. The maximum absolute atomic E-state index is 12.2. The van der Waals surface area contributed by atoms with Crippen LogP contribution in [0, 0.1) is 5.92 Å². The van der Waals surface area contributed by atoms with Gasteiger partial charge in [-0.15, -0.1) is 11.3 Å². The van der Waals surface area contributed by atoms with Crippen molar-refractivity contribution in [3.63, 3.8) is 0 Å². The van der Waals surface area contributed by atoms with E-state index in [1.807, 2.05) is 17.5 Å². The summed E-state index contributed by atoms with van der Waals surface area (Å²) in [7, 11) is 0. The fourth-order valence-corrected chi connectivity index (χ4v) is 3.91. The van der Waals surface area contributed by atoms with E-state index < -0.39 is 0 Å². The van der Waals surface area contributed by atoms with Crippen LogP contribution in [0.4, 0.5) is 0 Å². The fraction of sp³-hybridized carbons (Fsp3) is 0.429. The molecule has 4 nitrogen and oxygen atoms in total. The second-order valence-electron chi connectivity index (χ2n) is 5.40. The lowest BCUT2D eigenvalue weighted by Crippen LogP contribution is -2.45. The topological polar surface area (TPSA) is 45.2 Å². The Hall–Kier alpha value is -1.46. The third-order valence-corrected chi connectivity index (χ3v) is 5.05. The molecule has 0 saturated carbocycles. The minimum absolute atomic E-state index is 0.0503. The number of nitrogens with zero attached hydrogens (tertiary/aromatic N) is 2. The molecule has 19 heavy (non-hydrogen) atoms. The summed E-state index contributed by atoms with van der Waals surface area (Å²) in [5.41, 5.74) is 0.523. The molecule has 4 rings (SSSR count). The first-order valence-corrected chi connectivity index (χ1v) is 7.56. The lowest BCUT2D eigenvalue weighted by molar-refractivity contribution is 0.0878. The van der Waals surface area contributed by atoms with E-state index >= 15 is 0 Å². The molecule has 2 aromatic rings. The Morgan fingerprint density at radius 1 is 1.53 bits per heavy atom. The van der Waals surface area contributed by atoms with Crippen LogP contribution in [0.2, 0.25) is 0 Å². The van der Waals surface area contributed by atoms with Crippen molar-refractivity contribution in [3.8, 4) is 0 Å². The molecule has 2 aliphatic heterocycles. The summed E-state index contributed by atoms with van der Waals surface area (Å²) in [6.45, 7) is 2.26. The second-order valence-corrected chi connectivity index (χ2v) is 6.35. The number of fused-ring (bicyclic) bond motifs is 3. The third kappa shape index (κ3) is 1.93. The molecule has 0 aromatic carbocycles. The quantitative estimate of drug-likeness (QED) is 0.911. The van der Waals surface area contributed by atoms with E-state index in [1.54, 1.807) is 17.5 Å². The van der Waals surface area contributed by atoms with Crippen molar-refractivity contribution in [2.45, 2.75) is 19.0 Å². The first-order chi connectivity index (χ1) is 9.29. The average molecular weight is 273 g/mol. The van der Waals surface area contributed by atoms with Gasteiger partial charge in [-0.1, -0.05) is 0 Å². The number of pyridine rings is 1. The Kier molecular flexibility index (Phi) is 2.56. The number of carbonyl (C=O) groups is 1. The van der Waals surface area contributed by atoms with Crippen LogP contribution in [0.25, 0.3) is 10.1 Å². The van der Waals surface area contributed by atoms with E-state index in [0.717, 1.165) is 35.5 Å². The SMILES string of the molecule is O=C(NC1CC2CCN1C2)c1cc2ccsc2cn1. The highest BCUT2D eigenvalue weighted by Crippen LogP contribution is 2.31. The van der Waals surface area contributed by atoms with Crippen LogP contribution in [-0.4, -0.2) is 35.0 Å². The number of nitrogens with one attached hydrogen (secondary N) is 1. The van der Waals surface area contributed by atoms with Gasteiger partial charge in [0, 0.05) is 19.3 Å². The minimum atomic E-state index is -0.0503. The first-order valence-electron chi connectivity index (χ1n) is 6.68. The first kappa shape index (κ1) is 11.4. The molecule has 2 aliphatic rings. The number of aromatic nitrogens is 1. The lowest BCUT2D eigenvalue weighted by Gasteiger charge is -2.25. The van der Waals surface area contributed by atoms with Crippen LogP contribution >= 0.6 is 11.3 Å². The highest BCUT2D eigenvalue weighted by Gasteiger charge is 2.38. The maximum atomic E-state index is 12.2. The van der Waals surface area contributed by atoms with Crippen molar-refractivity contribution in [3.05, 3.63) is 29.4 Å². The molecule has 1 N–H and O–H groups in total. The highest BCUT2D eigenvalue weighted by molar-refractivity contribution is 7.17. The zero-order valence-corrected chi connectivity index (χ0v) is 11.3. The van der Waals surface area contributed by atoms with Gasteiger partial charge in [-0.2, -0.15) is 0 Å². The molecular formula is C14H15N3OS. The standard InChI is InChI=1S/C14H15N3OS/c18-14(16-13-5-9-1-3-17(13)8-9)11-6-10-2-4-19-12(10)7-15-11/h2,4,6-7,9,13H,1,3,5,8H2,(H,16,18). The molecule has 5 heteroatoms. The third-order valence-electron chi connectivity index (χ3n) is 4.19. The Morgan fingerprint density at radius 2 is 2.47 bits per heavy atom. The van der Waals surface area contributed by atoms with Crippen molar-refractivity contribution in [2.24, 2.45) is 5.92 Å². The van der Waals surface area contributed by atoms with Crippen molar-refractivity contribution in [2.75, 3.05) is 13.1 Å². The van der Waals surface area contributed by atoms with Crippen molar-refractivity contribution >= 4 is 27.3 Å². The maximum Gasteiger partial charge on any atom is 0.271 e. The Morgan fingerprint density at radius 3 is 3.26 bits per heavy atom. The monoisotopic (exact) mass is 273 g/mol. The average Bonchev–Trinajstić information content (AvgIpc) is 3.13. The van der Waals surface area contributed by atoms with Crippen molar-refractivity contribution in [1.82, 2.24) is 15.2 Å². The fourth-order valence-electron chi connectivity index (χ4n) is 3.17. The number of hydrogen-bond acceptors (Lipinski definition) is 4. The molecule has 3 atom stereocenters. The predicted octanol–water partition coefficient (Wildman–Crippen LogP) is 2.08. The van der Waals surface area contributed by atoms with Gasteiger partial charge in [0.05, 0.1) is 10.9 Å². The van der Waals surface area contributed by atoms with Crippen LogP contribution in [0.3, 0.4) is 0 Å². The van der Waals surface area contributed by atoms with Crippen LogP contribution in [0.15, 0.2) is 23.7 Å². The molecule has 1 amide bonds. The van der Waals surface area contributed by atoms with E-state index in [2.05, 4.69) is 15.2 Å². The van der Waals surface area contributed by atoms with Crippen molar-refractivity contribution in [1.29, 1.82) is 0 Å². The minimum Gasteiger partial charge on any atom is -0.335 e. The van der Waals surface area contributed by atoms with Gasteiger partial charge in [0.1, 0.15) is 5.69 Å². The van der Waals surface area contributed by atoms with Gasteiger partial charge in [-0.05, 0) is 41.7 Å². The van der Waals surface area contributed by atoms with Crippen molar-refractivity contribution < 1.29 is 4.79 Å². The van der Waals surface area contributed by atoms with Gasteiger partial charge in [0.2, 0.25) is 0 Å². The number of rotatable bonds is 2. The summed E-state index contributed by atoms with van der Waals surface area (Å²) in [5, 5.41) is 6.23. The molecule has 2 aromatic heterocycles. The van der Waals surface area contributed by atoms with Gasteiger partial charge in [0.15, 0.2) is 0 Å². The van der Waals surface area contributed by atoms with E-state index in [1.165, 1.54) is 6.42 Å². The van der Waals surface area contributed by atoms with Gasteiger partial charge < -0.3 is 5.32 Å². The molecule has 2 fully saturated rings. The summed E-state index contributed by atoms with van der Waals surface area (Å²) in [6, 6.07) is 3.91. The zero-order chi connectivity index (χ0) is 12.8. The molecule has 2 saturated heterocycles. The summed E-state index contributed by atoms with van der Waals surface area (Å²) in [4.78, 5) is 18.9. The van der Waals surface area contributed by atoms with Crippen LogP contribution < -0.4 is 5.32 Å².